The number of aromatic carboxylic acids is 1. The first-order valence-electron chi connectivity index (χ1n) is 6.02. The summed E-state index contributed by atoms with van der Waals surface area (Å²) in [7, 11) is -4.02. The van der Waals surface area contributed by atoms with Gasteiger partial charge in [-0.05, 0) is 48.9 Å². The molecule has 0 amide bonds. The fraction of sp³-hybridized carbons (Fsp3) is 0.0714. The van der Waals surface area contributed by atoms with Gasteiger partial charge in [0.05, 0.1) is 16.3 Å². The quantitative estimate of drug-likeness (QED) is 0.869. The normalized spacial score (nSPS) is 11.2. The molecule has 0 spiro atoms. The maximum atomic E-state index is 12.4. The fourth-order valence-corrected chi connectivity index (χ4v) is 3.67. The van der Waals surface area contributed by atoms with Gasteiger partial charge < -0.3 is 5.11 Å². The lowest BCUT2D eigenvalue weighted by Gasteiger charge is -2.12. The second kappa shape index (κ2) is 6.16. The number of hydrogen-bond acceptors (Lipinski definition) is 3. The minimum absolute atomic E-state index is 0.0656. The lowest BCUT2D eigenvalue weighted by Crippen LogP contribution is -2.15. The van der Waals surface area contributed by atoms with Crippen LogP contribution in [0.15, 0.2) is 41.3 Å². The molecule has 0 saturated carbocycles. The van der Waals surface area contributed by atoms with Crippen molar-refractivity contribution in [2.45, 2.75) is 11.8 Å². The number of nitrogens with one attached hydrogen (secondary N) is 1. The predicted molar refractivity (Wildman–Crippen MR) is 85.4 cm³/mol. The minimum Gasteiger partial charge on any atom is -0.478 e. The molecule has 116 valence electrons. The molecule has 0 radical (unpaired) electrons. The van der Waals surface area contributed by atoms with Crippen LogP contribution in [0.2, 0.25) is 10.0 Å². The standard InChI is InChI=1S/C14H11Cl2NO4S/c1-8-6-10(15)3-5-12(8)17-22(20,21)13-7-9(14(18)19)2-4-11(13)16/h2-7,17H,1H3,(H,18,19). The van der Waals surface area contributed by atoms with Crippen LogP contribution >= 0.6 is 23.2 Å². The van der Waals surface area contributed by atoms with E-state index in [1.807, 2.05) is 0 Å². The van der Waals surface area contributed by atoms with E-state index in [2.05, 4.69) is 4.72 Å². The Bertz CT molecular complexity index is 850. The highest BCUT2D eigenvalue weighted by Gasteiger charge is 2.21. The number of halogens is 2. The predicted octanol–water partition coefficient (Wildman–Crippen LogP) is 3.80. The van der Waals surface area contributed by atoms with Gasteiger partial charge in [-0.25, -0.2) is 13.2 Å². The monoisotopic (exact) mass is 359 g/mol. The number of sulfonamides is 1. The molecule has 2 aromatic rings. The average Bonchev–Trinajstić information content (AvgIpc) is 2.42. The molecule has 0 aliphatic carbocycles. The Morgan fingerprint density at radius 2 is 1.82 bits per heavy atom. The summed E-state index contributed by atoms with van der Waals surface area (Å²) in [5, 5.41) is 9.37. The molecule has 0 bridgehead atoms. The third kappa shape index (κ3) is 3.52. The van der Waals surface area contributed by atoms with Crippen LogP contribution in [0.1, 0.15) is 15.9 Å². The summed E-state index contributed by atoms with van der Waals surface area (Å²) < 4.78 is 27.2. The Hall–Kier alpha value is -1.76. The second-order valence-electron chi connectivity index (χ2n) is 4.52. The number of benzene rings is 2. The molecule has 2 N–H and O–H groups in total. The van der Waals surface area contributed by atoms with Gasteiger partial charge in [-0.1, -0.05) is 23.2 Å². The molecular formula is C14H11Cl2NO4S. The van der Waals surface area contributed by atoms with Crippen molar-refractivity contribution in [2.75, 3.05) is 4.72 Å². The van der Waals surface area contributed by atoms with Crippen molar-refractivity contribution < 1.29 is 18.3 Å². The molecule has 0 aliphatic heterocycles. The van der Waals surface area contributed by atoms with E-state index < -0.39 is 16.0 Å². The van der Waals surface area contributed by atoms with Crippen LogP contribution in [-0.2, 0) is 10.0 Å². The van der Waals surface area contributed by atoms with E-state index >= 15 is 0 Å². The van der Waals surface area contributed by atoms with Crippen LogP contribution in [0.3, 0.4) is 0 Å². The lowest BCUT2D eigenvalue weighted by molar-refractivity contribution is 0.0696. The molecule has 2 rings (SSSR count). The van der Waals surface area contributed by atoms with E-state index in [1.165, 1.54) is 18.2 Å². The Morgan fingerprint density at radius 3 is 2.41 bits per heavy atom. The minimum atomic E-state index is -4.02. The summed E-state index contributed by atoms with van der Waals surface area (Å²) in [6.07, 6.45) is 0. The third-order valence-corrected chi connectivity index (χ3v) is 4.98. The molecule has 5 nitrogen and oxygen atoms in total. The van der Waals surface area contributed by atoms with Crippen molar-refractivity contribution in [2.24, 2.45) is 0 Å². The Kier molecular flexibility index (Phi) is 4.65. The molecule has 8 heteroatoms. The van der Waals surface area contributed by atoms with Crippen molar-refractivity contribution in [3.8, 4) is 0 Å². The number of hydrogen-bond donors (Lipinski definition) is 2. The second-order valence-corrected chi connectivity index (χ2v) is 7.01. The maximum absolute atomic E-state index is 12.4. The van der Waals surface area contributed by atoms with Gasteiger partial charge in [0.1, 0.15) is 4.90 Å². The zero-order valence-corrected chi connectivity index (χ0v) is 13.6. The van der Waals surface area contributed by atoms with Crippen molar-refractivity contribution in [1.82, 2.24) is 0 Å². The van der Waals surface area contributed by atoms with Crippen molar-refractivity contribution in [3.63, 3.8) is 0 Å². The van der Waals surface area contributed by atoms with E-state index in [4.69, 9.17) is 28.3 Å². The first-order valence-corrected chi connectivity index (χ1v) is 8.26. The van der Waals surface area contributed by atoms with Gasteiger partial charge in [-0.15, -0.1) is 0 Å². The van der Waals surface area contributed by atoms with Gasteiger partial charge in [-0.2, -0.15) is 0 Å². The van der Waals surface area contributed by atoms with Crippen LogP contribution < -0.4 is 4.72 Å². The highest BCUT2D eigenvalue weighted by Crippen LogP contribution is 2.27. The zero-order valence-electron chi connectivity index (χ0n) is 11.3. The Balaban J connectivity index is 2.46. The Morgan fingerprint density at radius 1 is 1.14 bits per heavy atom. The van der Waals surface area contributed by atoms with E-state index in [9.17, 15) is 13.2 Å². The third-order valence-electron chi connectivity index (χ3n) is 2.90. The number of carboxylic acids is 1. The first-order chi connectivity index (χ1) is 10.2. The summed E-state index contributed by atoms with van der Waals surface area (Å²) in [6.45, 7) is 1.69. The molecule has 0 atom stereocenters. The molecule has 0 heterocycles. The maximum Gasteiger partial charge on any atom is 0.335 e. The van der Waals surface area contributed by atoms with Crippen LogP contribution in [-0.4, -0.2) is 19.5 Å². The van der Waals surface area contributed by atoms with Gasteiger partial charge >= 0.3 is 5.97 Å². The molecule has 0 fully saturated rings. The molecular weight excluding hydrogens is 349 g/mol. The number of anilines is 1. The van der Waals surface area contributed by atoms with E-state index in [1.54, 1.807) is 19.1 Å². The zero-order chi connectivity index (χ0) is 16.5. The summed E-state index contributed by atoms with van der Waals surface area (Å²) in [5.41, 5.74) is 0.792. The topological polar surface area (TPSA) is 83.5 Å². The molecule has 0 saturated heterocycles. The lowest BCUT2D eigenvalue weighted by atomic mass is 10.2. The number of rotatable bonds is 4. The summed E-state index contributed by atoms with van der Waals surface area (Å²) in [4.78, 5) is 10.7. The summed E-state index contributed by atoms with van der Waals surface area (Å²) >= 11 is 11.7. The number of carbonyl (C=O) groups is 1. The van der Waals surface area contributed by atoms with E-state index in [-0.39, 0.29) is 15.5 Å². The molecule has 2 aromatic carbocycles. The largest absolute Gasteiger partial charge is 0.478 e. The van der Waals surface area contributed by atoms with Crippen LogP contribution in [0.5, 0.6) is 0 Å². The van der Waals surface area contributed by atoms with Gasteiger partial charge in [0.15, 0.2) is 0 Å². The van der Waals surface area contributed by atoms with E-state index in [0.29, 0.717) is 16.3 Å². The van der Waals surface area contributed by atoms with Crippen LogP contribution in [0.4, 0.5) is 5.69 Å². The van der Waals surface area contributed by atoms with Gasteiger partial charge in [-0.3, -0.25) is 4.72 Å². The molecule has 0 unspecified atom stereocenters. The smallest absolute Gasteiger partial charge is 0.335 e. The van der Waals surface area contributed by atoms with E-state index in [0.717, 1.165) is 6.07 Å². The van der Waals surface area contributed by atoms with Gasteiger partial charge in [0.25, 0.3) is 10.0 Å². The molecule has 0 aromatic heterocycles. The van der Waals surface area contributed by atoms with Gasteiger partial charge in [0.2, 0.25) is 0 Å². The van der Waals surface area contributed by atoms with Crippen LogP contribution in [0.25, 0.3) is 0 Å². The Labute approximate surface area is 137 Å². The number of aryl methyl sites for hydroxylation is 1. The van der Waals surface area contributed by atoms with Crippen molar-refractivity contribution in [1.29, 1.82) is 0 Å². The summed E-state index contributed by atoms with van der Waals surface area (Å²) in [5.74, 6) is -1.24. The van der Waals surface area contributed by atoms with Crippen LogP contribution in [0, 0.1) is 6.92 Å². The van der Waals surface area contributed by atoms with Crippen molar-refractivity contribution >= 4 is 44.9 Å². The highest BCUT2D eigenvalue weighted by atomic mass is 35.5. The first kappa shape index (κ1) is 16.6. The van der Waals surface area contributed by atoms with Gasteiger partial charge in [0, 0.05) is 5.02 Å². The number of carboxylic acid groups (broad SMARTS) is 1. The fourth-order valence-electron chi connectivity index (χ4n) is 1.78. The molecule has 0 aliphatic rings. The summed E-state index contributed by atoms with van der Waals surface area (Å²) in [6, 6.07) is 8.14. The highest BCUT2D eigenvalue weighted by molar-refractivity contribution is 7.92. The average molecular weight is 360 g/mol. The molecule has 22 heavy (non-hydrogen) atoms. The SMILES string of the molecule is Cc1cc(Cl)ccc1NS(=O)(=O)c1cc(C(=O)O)ccc1Cl. The van der Waals surface area contributed by atoms with Crippen molar-refractivity contribution in [3.05, 3.63) is 57.6 Å².